The standard InChI is InChI=1S/C25H26Br2ClN3O5/c1-6-14(4)24-30-18-8-7-16(26)10-17(18)25(33)31(24)29-11-15-9-19(34-5)23(22(28)21(15)27)35-12-20(32)36-13(2)3/h7-11,13-14H,6,12H2,1-5H3/t14-/m1/s1. The van der Waals surface area contributed by atoms with Crippen molar-refractivity contribution in [1.82, 2.24) is 9.66 Å². The van der Waals surface area contributed by atoms with Crippen LogP contribution in [-0.4, -0.2) is 41.7 Å². The van der Waals surface area contributed by atoms with E-state index in [0.29, 0.717) is 26.8 Å². The minimum atomic E-state index is -0.530. The number of esters is 1. The van der Waals surface area contributed by atoms with Crippen LogP contribution in [0.15, 0.2) is 43.1 Å². The molecule has 0 saturated carbocycles. The van der Waals surface area contributed by atoms with Gasteiger partial charge >= 0.3 is 5.97 Å². The number of methoxy groups -OCH3 is 1. The number of aromatic nitrogens is 2. The minimum absolute atomic E-state index is 0.00849. The van der Waals surface area contributed by atoms with E-state index < -0.39 is 5.97 Å². The van der Waals surface area contributed by atoms with Gasteiger partial charge in [-0.3, -0.25) is 4.79 Å². The van der Waals surface area contributed by atoms with Crippen molar-refractivity contribution in [3.8, 4) is 11.5 Å². The molecule has 0 aliphatic carbocycles. The Hall–Kier alpha value is -2.43. The molecule has 36 heavy (non-hydrogen) atoms. The van der Waals surface area contributed by atoms with Gasteiger partial charge in [0.2, 0.25) is 0 Å². The number of hydrogen-bond donors (Lipinski definition) is 0. The van der Waals surface area contributed by atoms with E-state index in [-0.39, 0.29) is 40.7 Å². The number of ether oxygens (including phenoxy) is 3. The molecule has 2 aromatic carbocycles. The molecule has 11 heteroatoms. The number of carbonyl (C=O) groups is 1. The third-order valence-electron chi connectivity index (χ3n) is 5.28. The first-order valence-corrected chi connectivity index (χ1v) is 13.2. The third-order valence-corrected chi connectivity index (χ3v) is 7.21. The molecule has 8 nitrogen and oxygen atoms in total. The van der Waals surface area contributed by atoms with Gasteiger partial charge in [-0.05, 0) is 60.5 Å². The molecule has 0 amide bonds. The number of halogens is 3. The maximum Gasteiger partial charge on any atom is 0.344 e. The molecular weight excluding hydrogens is 618 g/mol. The molecule has 3 rings (SSSR count). The minimum Gasteiger partial charge on any atom is -0.493 e. The summed E-state index contributed by atoms with van der Waals surface area (Å²) in [4.78, 5) is 30.0. The Bertz CT molecular complexity index is 1370. The summed E-state index contributed by atoms with van der Waals surface area (Å²) in [7, 11) is 1.45. The van der Waals surface area contributed by atoms with Gasteiger partial charge in [-0.15, -0.1) is 0 Å². The fourth-order valence-corrected chi connectivity index (χ4v) is 4.33. The molecular formula is C25H26Br2ClN3O5. The van der Waals surface area contributed by atoms with Gasteiger partial charge in [-0.25, -0.2) is 9.78 Å². The van der Waals surface area contributed by atoms with Crippen LogP contribution >= 0.6 is 43.5 Å². The molecule has 0 N–H and O–H groups in total. The number of hydrogen-bond acceptors (Lipinski definition) is 7. The Morgan fingerprint density at radius 3 is 2.61 bits per heavy atom. The van der Waals surface area contributed by atoms with Crippen molar-refractivity contribution in [2.75, 3.05) is 13.7 Å². The van der Waals surface area contributed by atoms with Gasteiger partial charge in [0.1, 0.15) is 10.8 Å². The number of carbonyl (C=O) groups excluding carboxylic acids is 1. The van der Waals surface area contributed by atoms with Crippen molar-refractivity contribution in [3.05, 3.63) is 60.0 Å². The van der Waals surface area contributed by atoms with Crippen molar-refractivity contribution in [2.45, 2.75) is 46.1 Å². The third kappa shape index (κ3) is 6.27. The molecule has 0 aliphatic heterocycles. The highest BCUT2D eigenvalue weighted by Crippen LogP contribution is 2.42. The van der Waals surface area contributed by atoms with Crippen LogP contribution in [0.4, 0.5) is 0 Å². The van der Waals surface area contributed by atoms with Crippen molar-refractivity contribution in [2.24, 2.45) is 5.10 Å². The van der Waals surface area contributed by atoms with Crippen LogP contribution in [0.3, 0.4) is 0 Å². The largest absolute Gasteiger partial charge is 0.493 e. The maximum absolute atomic E-state index is 13.4. The highest BCUT2D eigenvalue weighted by atomic mass is 79.9. The Kier molecular flexibility index (Phi) is 9.54. The quantitative estimate of drug-likeness (QED) is 0.201. The number of benzene rings is 2. The monoisotopic (exact) mass is 641 g/mol. The Balaban J connectivity index is 2.05. The average Bonchev–Trinajstić information content (AvgIpc) is 2.84. The summed E-state index contributed by atoms with van der Waals surface area (Å²) in [6, 6.07) is 7.02. The van der Waals surface area contributed by atoms with Gasteiger partial charge in [0.05, 0.1) is 30.3 Å². The van der Waals surface area contributed by atoms with Crippen molar-refractivity contribution in [1.29, 1.82) is 0 Å². The van der Waals surface area contributed by atoms with Crippen LogP contribution < -0.4 is 15.0 Å². The van der Waals surface area contributed by atoms with Gasteiger partial charge in [0.15, 0.2) is 18.1 Å². The summed E-state index contributed by atoms with van der Waals surface area (Å²) in [6.07, 6.45) is 2.00. The Morgan fingerprint density at radius 1 is 1.25 bits per heavy atom. The molecule has 0 aliphatic rings. The van der Waals surface area contributed by atoms with E-state index in [0.717, 1.165) is 10.9 Å². The summed E-state index contributed by atoms with van der Waals surface area (Å²) >= 11 is 13.4. The summed E-state index contributed by atoms with van der Waals surface area (Å²) < 4.78 is 18.6. The zero-order valence-electron chi connectivity index (χ0n) is 20.5. The van der Waals surface area contributed by atoms with Gasteiger partial charge in [-0.2, -0.15) is 9.78 Å². The van der Waals surface area contributed by atoms with E-state index in [4.69, 9.17) is 30.8 Å². The lowest BCUT2D eigenvalue weighted by Gasteiger charge is -2.16. The van der Waals surface area contributed by atoms with Gasteiger partial charge in [-0.1, -0.05) is 41.4 Å². The summed E-state index contributed by atoms with van der Waals surface area (Å²) in [5, 5.41) is 5.11. The summed E-state index contributed by atoms with van der Waals surface area (Å²) in [5.41, 5.74) is 0.851. The van der Waals surface area contributed by atoms with Gasteiger partial charge < -0.3 is 14.2 Å². The first-order chi connectivity index (χ1) is 17.1. The second-order valence-electron chi connectivity index (χ2n) is 8.25. The maximum atomic E-state index is 13.4. The first kappa shape index (κ1) is 28.1. The Labute approximate surface area is 230 Å². The molecule has 1 atom stereocenters. The fraction of sp³-hybridized carbons (Fsp3) is 0.360. The van der Waals surface area contributed by atoms with Gasteiger partial charge in [0.25, 0.3) is 5.56 Å². The van der Waals surface area contributed by atoms with E-state index in [1.807, 2.05) is 19.9 Å². The lowest BCUT2D eigenvalue weighted by molar-refractivity contribution is -0.149. The van der Waals surface area contributed by atoms with Crippen LogP contribution in [0.1, 0.15) is 51.4 Å². The van der Waals surface area contributed by atoms with E-state index in [1.165, 1.54) is 18.0 Å². The molecule has 0 fully saturated rings. The smallest absolute Gasteiger partial charge is 0.344 e. The predicted molar refractivity (Wildman–Crippen MR) is 148 cm³/mol. The highest BCUT2D eigenvalue weighted by Gasteiger charge is 2.20. The number of rotatable bonds is 9. The normalized spacial score (nSPS) is 12.4. The molecule has 0 spiro atoms. The zero-order valence-corrected chi connectivity index (χ0v) is 24.4. The lowest BCUT2D eigenvalue weighted by atomic mass is 10.1. The van der Waals surface area contributed by atoms with Crippen LogP contribution in [-0.2, 0) is 9.53 Å². The summed E-state index contributed by atoms with van der Waals surface area (Å²) in [6.45, 7) is 7.18. The number of nitrogens with zero attached hydrogens (tertiary/aromatic N) is 3. The van der Waals surface area contributed by atoms with Crippen LogP contribution in [0.2, 0.25) is 5.02 Å². The summed E-state index contributed by atoms with van der Waals surface area (Å²) in [5.74, 6) is 0.477. The van der Waals surface area contributed by atoms with Crippen LogP contribution in [0.5, 0.6) is 11.5 Å². The molecule has 1 heterocycles. The molecule has 0 bridgehead atoms. The predicted octanol–water partition coefficient (Wildman–Crippen LogP) is 6.31. The highest BCUT2D eigenvalue weighted by molar-refractivity contribution is 9.10. The van der Waals surface area contributed by atoms with Crippen LogP contribution in [0, 0.1) is 0 Å². The van der Waals surface area contributed by atoms with Crippen molar-refractivity contribution >= 4 is 66.5 Å². The van der Waals surface area contributed by atoms with E-state index >= 15 is 0 Å². The Morgan fingerprint density at radius 2 is 1.97 bits per heavy atom. The molecule has 3 aromatic rings. The molecule has 0 radical (unpaired) electrons. The fourth-order valence-electron chi connectivity index (χ4n) is 3.31. The average molecular weight is 644 g/mol. The van der Waals surface area contributed by atoms with E-state index in [2.05, 4.69) is 37.0 Å². The zero-order chi connectivity index (χ0) is 26.6. The van der Waals surface area contributed by atoms with Crippen molar-refractivity contribution in [3.63, 3.8) is 0 Å². The molecule has 0 saturated heterocycles. The topological polar surface area (TPSA) is 92.0 Å². The van der Waals surface area contributed by atoms with Crippen LogP contribution in [0.25, 0.3) is 10.9 Å². The number of fused-ring (bicyclic) bond motifs is 1. The second-order valence-corrected chi connectivity index (χ2v) is 10.3. The van der Waals surface area contributed by atoms with Gasteiger partial charge in [0, 0.05) is 20.4 Å². The lowest BCUT2D eigenvalue weighted by Crippen LogP contribution is -2.23. The van der Waals surface area contributed by atoms with E-state index in [1.54, 1.807) is 32.0 Å². The first-order valence-electron chi connectivity index (χ1n) is 11.2. The van der Waals surface area contributed by atoms with Crippen molar-refractivity contribution < 1.29 is 19.0 Å². The molecule has 0 unspecified atom stereocenters. The second kappa shape index (κ2) is 12.2. The molecule has 192 valence electrons. The van der Waals surface area contributed by atoms with E-state index in [9.17, 15) is 9.59 Å². The molecule has 1 aromatic heterocycles. The SMILES string of the molecule is CC[C@@H](C)c1nc2ccc(Br)cc2c(=O)n1N=Cc1cc(OC)c(OCC(=O)OC(C)C)c(Cl)c1Br.